The Labute approximate surface area is 80.1 Å². The van der Waals surface area contributed by atoms with Crippen LogP contribution < -0.4 is 5.14 Å². The highest BCUT2D eigenvalue weighted by Crippen LogP contribution is 2.46. The Morgan fingerprint density at radius 1 is 1.42 bits per heavy atom. The molecule has 12 heavy (non-hydrogen) atoms. The first-order valence-corrected chi connectivity index (χ1v) is 5.45. The molecule has 0 unspecified atom stereocenters. The van der Waals surface area contributed by atoms with Crippen molar-refractivity contribution < 1.29 is 5.11 Å². The number of nitrogens with two attached hydrogens (primary N) is 1. The number of hydrogen-bond donors (Lipinski definition) is 2. The largest absolute Gasteiger partial charge is 0.400 e. The van der Waals surface area contributed by atoms with Gasteiger partial charge in [-0.3, -0.25) is 5.14 Å². The molecule has 2 nitrogen and oxygen atoms in total. The summed E-state index contributed by atoms with van der Waals surface area (Å²) in [5, 5.41) is 12.3. The molecule has 0 aromatic rings. The summed E-state index contributed by atoms with van der Waals surface area (Å²) in [5.74, 6) is 2.12. The molecule has 0 aromatic heterocycles. The molecule has 1 rings (SSSR count). The van der Waals surface area contributed by atoms with Crippen molar-refractivity contribution >= 4 is 11.9 Å². The quantitative estimate of drug-likeness (QED) is 0.671. The van der Waals surface area contributed by atoms with Gasteiger partial charge in [0.05, 0.1) is 0 Å². The van der Waals surface area contributed by atoms with Crippen LogP contribution in [0.2, 0.25) is 0 Å². The fourth-order valence-corrected chi connectivity index (χ4v) is 2.41. The van der Waals surface area contributed by atoms with Crippen LogP contribution in [0.4, 0.5) is 0 Å². The van der Waals surface area contributed by atoms with Gasteiger partial charge in [-0.1, -0.05) is 25.8 Å². The Balaban J connectivity index is 0.000000561. The molecule has 0 amide bonds. The Bertz CT molecular complexity index is 109. The van der Waals surface area contributed by atoms with Gasteiger partial charge >= 0.3 is 0 Å². The third-order valence-corrected chi connectivity index (χ3v) is 2.80. The first kappa shape index (κ1) is 12.3. The van der Waals surface area contributed by atoms with Gasteiger partial charge in [-0.25, -0.2) is 0 Å². The molecule has 0 bridgehead atoms. The molecule has 0 saturated heterocycles. The maximum atomic E-state index is 7.00. The molecule has 0 radical (unpaired) electrons. The van der Waals surface area contributed by atoms with Crippen LogP contribution in [-0.2, 0) is 0 Å². The Morgan fingerprint density at radius 2 is 1.92 bits per heavy atom. The van der Waals surface area contributed by atoms with Crippen molar-refractivity contribution in [1.29, 1.82) is 0 Å². The fourth-order valence-electron chi connectivity index (χ4n) is 1.94. The topological polar surface area (TPSA) is 46.2 Å². The molecular formula is C9H21NOS. The minimum atomic E-state index is 0.643. The normalized spacial score (nSPS) is 20.8. The predicted octanol–water partition coefficient (Wildman–Crippen LogP) is 2.03. The van der Waals surface area contributed by atoms with Gasteiger partial charge in [0, 0.05) is 12.9 Å². The minimum Gasteiger partial charge on any atom is -0.400 e. The smallest absolute Gasteiger partial charge is 0.0319 e. The van der Waals surface area contributed by atoms with Crippen LogP contribution in [0, 0.1) is 11.3 Å². The highest BCUT2D eigenvalue weighted by Gasteiger charge is 2.34. The highest BCUT2D eigenvalue weighted by atomic mass is 32.2. The van der Waals surface area contributed by atoms with Gasteiger partial charge < -0.3 is 5.11 Å². The lowest BCUT2D eigenvalue weighted by molar-refractivity contribution is 0.0947. The molecule has 3 N–H and O–H groups in total. The lowest BCUT2D eigenvalue weighted by atomic mass is 9.64. The molecule has 3 heteroatoms. The van der Waals surface area contributed by atoms with E-state index in [9.17, 15) is 0 Å². The third kappa shape index (κ3) is 4.33. The predicted molar refractivity (Wildman–Crippen MR) is 55.9 cm³/mol. The van der Waals surface area contributed by atoms with Crippen molar-refractivity contribution in [2.24, 2.45) is 16.5 Å². The number of aliphatic hydroxyl groups excluding tert-OH is 1. The summed E-state index contributed by atoms with van der Waals surface area (Å²) >= 11 is 1.48. The second kappa shape index (κ2) is 5.84. The number of aliphatic hydroxyl groups is 1. The van der Waals surface area contributed by atoms with Crippen LogP contribution in [0.3, 0.4) is 0 Å². The van der Waals surface area contributed by atoms with E-state index in [4.69, 9.17) is 10.2 Å². The number of hydrogen-bond acceptors (Lipinski definition) is 3. The van der Waals surface area contributed by atoms with Crippen LogP contribution in [0.15, 0.2) is 0 Å². The molecule has 1 aliphatic carbocycles. The van der Waals surface area contributed by atoms with Gasteiger partial charge in [0.1, 0.15) is 0 Å². The van der Waals surface area contributed by atoms with Crippen LogP contribution >= 0.6 is 11.9 Å². The van der Waals surface area contributed by atoms with Gasteiger partial charge in [-0.2, -0.15) is 0 Å². The average Bonchev–Trinajstić information content (AvgIpc) is 2.01. The minimum absolute atomic E-state index is 0.643. The Hall–Kier alpha value is 0.270. The highest BCUT2D eigenvalue weighted by molar-refractivity contribution is 7.97. The first-order chi connectivity index (χ1) is 5.64. The third-order valence-electron chi connectivity index (χ3n) is 2.33. The zero-order chi connectivity index (χ0) is 9.61. The molecule has 74 valence electrons. The maximum Gasteiger partial charge on any atom is 0.0319 e. The SMILES string of the molecule is CC1(C)CC(CCSN)C1.CO. The lowest BCUT2D eigenvalue weighted by Crippen LogP contribution is -2.31. The molecule has 0 heterocycles. The van der Waals surface area contributed by atoms with E-state index in [1.807, 2.05) is 0 Å². The first-order valence-electron chi connectivity index (χ1n) is 4.40. The second-order valence-corrected chi connectivity index (χ2v) is 4.84. The summed E-state index contributed by atoms with van der Waals surface area (Å²) in [6.45, 7) is 4.69. The fraction of sp³-hybridized carbons (Fsp3) is 1.00. The summed E-state index contributed by atoms with van der Waals surface area (Å²) in [4.78, 5) is 0. The van der Waals surface area contributed by atoms with Crippen molar-refractivity contribution in [3.63, 3.8) is 0 Å². The van der Waals surface area contributed by atoms with Crippen molar-refractivity contribution in [3.8, 4) is 0 Å². The molecule has 0 aliphatic heterocycles. The Kier molecular flexibility index (Phi) is 5.97. The molecule has 0 spiro atoms. The van der Waals surface area contributed by atoms with Crippen molar-refractivity contribution in [2.75, 3.05) is 12.9 Å². The zero-order valence-corrected chi connectivity index (χ0v) is 9.16. The van der Waals surface area contributed by atoms with E-state index in [0.29, 0.717) is 5.41 Å². The van der Waals surface area contributed by atoms with Gasteiger partial charge in [-0.15, -0.1) is 0 Å². The van der Waals surface area contributed by atoms with E-state index in [1.165, 1.54) is 31.2 Å². The van der Waals surface area contributed by atoms with Crippen molar-refractivity contribution in [3.05, 3.63) is 0 Å². The summed E-state index contributed by atoms with van der Waals surface area (Å²) in [6, 6.07) is 0. The second-order valence-electron chi connectivity index (χ2n) is 4.10. The summed E-state index contributed by atoms with van der Waals surface area (Å²) in [5.41, 5.74) is 0.643. The summed E-state index contributed by atoms with van der Waals surface area (Å²) < 4.78 is 0. The average molecular weight is 191 g/mol. The van der Waals surface area contributed by atoms with E-state index in [-0.39, 0.29) is 0 Å². The standard InChI is InChI=1S/C8H17NS.CH4O/c1-8(2)5-7(6-8)3-4-10-9;1-2/h7H,3-6,9H2,1-2H3;2H,1H3. The van der Waals surface area contributed by atoms with Gasteiger partial charge in [-0.05, 0) is 30.6 Å². The lowest BCUT2D eigenvalue weighted by Gasteiger charge is -2.42. The number of rotatable bonds is 3. The zero-order valence-electron chi connectivity index (χ0n) is 8.34. The maximum absolute atomic E-state index is 7.00. The molecule has 0 atom stereocenters. The van der Waals surface area contributed by atoms with E-state index >= 15 is 0 Å². The van der Waals surface area contributed by atoms with E-state index in [0.717, 1.165) is 18.8 Å². The molecule has 1 fully saturated rings. The summed E-state index contributed by atoms with van der Waals surface area (Å²) in [6.07, 6.45) is 4.14. The van der Waals surface area contributed by atoms with Crippen LogP contribution in [0.25, 0.3) is 0 Å². The van der Waals surface area contributed by atoms with Gasteiger partial charge in [0.15, 0.2) is 0 Å². The van der Waals surface area contributed by atoms with E-state index < -0.39 is 0 Å². The summed E-state index contributed by atoms with van der Waals surface area (Å²) in [7, 11) is 1.00. The molecule has 1 aliphatic rings. The van der Waals surface area contributed by atoms with E-state index in [2.05, 4.69) is 13.8 Å². The molecule has 0 aromatic carbocycles. The van der Waals surface area contributed by atoms with Gasteiger partial charge in [0.2, 0.25) is 0 Å². The van der Waals surface area contributed by atoms with Crippen LogP contribution in [-0.4, -0.2) is 18.0 Å². The molecule has 1 saturated carbocycles. The van der Waals surface area contributed by atoms with Crippen molar-refractivity contribution in [1.82, 2.24) is 0 Å². The van der Waals surface area contributed by atoms with Crippen LogP contribution in [0.5, 0.6) is 0 Å². The van der Waals surface area contributed by atoms with Gasteiger partial charge in [0.25, 0.3) is 0 Å². The Morgan fingerprint density at radius 3 is 2.25 bits per heavy atom. The van der Waals surface area contributed by atoms with Crippen LogP contribution in [0.1, 0.15) is 33.1 Å². The van der Waals surface area contributed by atoms with Crippen molar-refractivity contribution in [2.45, 2.75) is 33.1 Å². The monoisotopic (exact) mass is 191 g/mol. The van der Waals surface area contributed by atoms with E-state index in [1.54, 1.807) is 0 Å². The molecular weight excluding hydrogens is 170 g/mol.